The molecule has 0 unspecified atom stereocenters. The molecule has 0 spiro atoms. The summed E-state index contributed by atoms with van der Waals surface area (Å²) in [4.78, 5) is 4.96. The maximum atomic E-state index is 4.96. The standard InChI is InChI=1S/C21H14BrN/c22-18-12-11-17-13-20(15-7-3-1-4-8-15)23-21(19(17)14-18)16-9-5-2-6-10-16/h1-14H. The maximum Gasteiger partial charge on any atom is 0.0788 e. The third kappa shape index (κ3) is 2.78. The van der Waals surface area contributed by atoms with Gasteiger partial charge in [0.05, 0.1) is 11.4 Å². The lowest BCUT2D eigenvalue weighted by molar-refractivity contribution is 1.35. The van der Waals surface area contributed by atoms with Crippen LogP contribution in [-0.2, 0) is 0 Å². The van der Waals surface area contributed by atoms with Gasteiger partial charge in [-0.2, -0.15) is 0 Å². The van der Waals surface area contributed by atoms with E-state index in [4.69, 9.17) is 4.98 Å². The van der Waals surface area contributed by atoms with Gasteiger partial charge in [-0.3, -0.25) is 0 Å². The second-order valence-corrected chi connectivity index (χ2v) is 6.37. The molecule has 4 rings (SSSR count). The zero-order chi connectivity index (χ0) is 15.6. The molecule has 0 bridgehead atoms. The Morgan fingerprint density at radius 3 is 2.00 bits per heavy atom. The van der Waals surface area contributed by atoms with Crippen LogP contribution in [0, 0.1) is 0 Å². The molecule has 0 saturated carbocycles. The van der Waals surface area contributed by atoms with E-state index in [0.29, 0.717) is 0 Å². The predicted octanol–water partition coefficient (Wildman–Crippen LogP) is 6.33. The molecule has 1 heterocycles. The molecule has 1 aromatic heterocycles. The van der Waals surface area contributed by atoms with Crippen molar-refractivity contribution in [1.29, 1.82) is 0 Å². The quantitative estimate of drug-likeness (QED) is 0.407. The van der Waals surface area contributed by atoms with E-state index in [2.05, 4.69) is 76.6 Å². The Bertz CT molecular complexity index is 963. The van der Waals surface area contributed by atoms with Gasteiger partial charge in [0.2, 0.25) is 0 Å². The average Bonchev–Trinajstić information content (AvgIpc) is 2.62. The van der Waals surface area contributed by atoms with Crippen molar-refractivity contribution in [2.24, 2.45) is 0 Å². The number of benzene rings is 3. The van der Waals surface area contributed by atoms with Crippen LogP contribution in [0.15, 0.2) is 89.4 Å². The summed E-state index contributed by atoms with van der Waals surface area (Å²) < 4.78 is 1.07. The van der Waals surface area contributed by atoms with E-state index in [1.807, 2.05) is 24.3 Å². The molecule has 0 radical (unpaired) electrons. The Hall–Kier alpha value is -2.45. The third-order valence-electron chi connectivity index (χ3n) is 3.91. The Labute approximate surface area is 143 Å². The van der Waals surface area contributed by atoms with Gasteiger partial charge in [0.25, 0.3) is 0 Å². The van der Waals surface area contributed by atoms with E-state index in [-0.39, 0.29) is 0 Å². The van der Waals surface area contributed by atoms with Gasteiger partial charge in [0, 0.05) is 21.0 Å². The number of fused-ring (bicyclic) bond motifs is 1. The van der Waals surface area contributed by atoms with Crippen LogP contribution in [0.25, 0.3) is 33.3 Å². The summed E-state index contributed by atoms with van der Waals surface area (Å²) in [5, 5.41) is 2.35. The summed E-state index contributed by atoms with van der Waals surface area (Å²) in [6.45, 7) is 0. The normalized spacial score (nSPS) is 10.8. The Balaban J connectivity index is 2.04. The van der Waals surface area contributed by atoms with Gasteiger partial charge in [0.15, 0.2) is 0 Å². The lowest BCUT2D eigenvalue weighted by Gasteiger charge is -2.10. The van der Waals surface area contributed by atoms with E-state index in [0.717, 1.165) is 32.4 Å². The summed E-state index contributed by atoms with van der Waals surface area (Å²) in [6, 6.07) is 29.2. The van der Waals surface area contributed by atoms with Gasteiger partial charge in [-0.25, -0.2) is 4.98 Å². The first-order valence-electron chi connectivity index (χ1n) is 7.52. The largest absolute Gasteiger partial charge is 0.247 e. The van der Waals surface area contributed by atoms with Gasteiger partial charge in [-0.05, 0) is 23.6 Å². The molecule has 0 saturated heterocycles. The summed E-state index contributed by atoms with van der Waals surface area (Å²) in [5.74, 6) is 0. The molecule has 0 aliphatic carbocycles. The molecule has 0 N–H and O–H groups in total. The molecule has 0 aliphatic rings. The molecule has 0 aliphatic heterocycles. The monoisotopic (exact) mass is 359 g/mol. The minimum absolute atomic E-state index is 0.999. The molecule has 110 valence electrons. The van der Waals surface area contributed by atoms with Crippen LogP contribution in [0.3, 0.4) is 0 Å². The zero-order valence-corrected chi connectivity index (χ0v) is 14.0. The van der Waals surface area contributed by atoms with Crippen LogP contribution in [0.4, 0.5) is 0 Å². The molecule has 23 heavy (non-hydrogen) atoms. The first-order chi connectivity index (χ1) is 11.3. The maximum absolute atomic E-state index is 4.96. The minimum atomic E-state index is 0.999. The van der Waals surface area contributed by atoms with Crippen LogP contribution in [-0.4, -0.2) is 4.98 Å². The van der Waals surface area contributed by atoms with Crippen LogP contribution in [0.5, 0.6) is 0 Å². The van der Waals surface area contributed by atoms with Crippen LogP contribution in [0.1, 0.15) is 0 Å². The molecule has 4 aromatic rings. The molecular formula is C21H14BrN. The van der Waals surface area contributed by atoms with E-state index in [1.165, 1.54) is 5.39 Å². The third-order valence-corrected chi connectivity index (χ3v) is 4.40. The summed E-state index contributed by atoms with van der Waals surface area (Å²) in [7, 11) is 0. The van der Waals surface area contributed by atoms with Crippen LogP contribution in [0.2, 0.25) is 0 Å². The summed E-state index contributed by atoms with van der Waals surface area (Å²) in [6.07, 6.45) is 0. The highest BCUT2D eigenvalue weighted by Crippen LogP contribution is 2.32. The van der Waals surface area contributed by atoms with Gasteiger partial charge in [-0.1, -0.05) is 82.7 Å². The number of aromatic nitrogens is 1. The lowest BCUT2D eigenvalue weighted by atomic mass is 10.0. The SMILES string of the molecule is Brc1ccc2cc(-c3ccccc3)nc(-c3ccccc3)c2c1. The minimum Gasteiger partial charge on any atom is -0.247 e. The fraction of sp³-hybridized carbons (Fsp3) is 0. The molecular weight excluding hydrogens is 346 g/mol. The topological polar surface area (TPSA) is 12.9 Å². The second kappa shape index (κ2) is 5.98. The second-order valence-electron chi connectivity index (χ2n) is 5.45. The van der Waals surface area contributed by atoms with E-state index in [1.54, 1.807) is 0 Å². The number of rotatable bonds is 2. The lowest BCUT2D eigenvalue weighted by Crippen LogP contribution is -1.91. The van der Waals surface area contributed by atoms with Crippen molar-refractivity contribution in [3.63, 3.8) is 0 Å². The fourth-order valence-electron chi connectivity index (χ4n) is 2.79. The van der Waals surface area contributed by atoms with Crippen molar-refractivity contribution in [3.05, 3.63) is 89.4 Å². The molecule has 3 aromatic carbocycles. The zero-order valence-electron chi connectivity index (χ0n) is 12.4. The molecule has 2 heteroatoms. The Kier molecular flexibility index (Phi) is 3.68. The number of nitrogens with zero attached hydrogens (tertiary/aromatic N) is 1. The van der Waals surface area contributed by atoms with Gasteiger partial charge in [-0.15, -0.1) is 0 Å². The number of halogens is 1. The predicted molar refractivity (Wildman–Crippen MR) is 100 cm³/mol. The first-order valence-corrected chi connectivity index (χ1v) is 8.32. The van der Waals surface area contributed by atoms with Crippen molar-refractivity contribution in [2.75, 3.05) is 0 Å². The van der Waals surface area contributed by atoms with Crippen LogP contribution < -0.4 is 0 Å². The van der Waals surface area contributed by atoms with Gasteiger partial charge >= 0.3 is 0 Å². The highest BCUT2D eigenvalue weighted by molar-refractivity contribution is 9.10. The smallest absolute Gasteiger partial charge is 0.0788 e. The molecule has 0 atom stereocenters. The van der Waals surface area contributed by atoms with Crippen molar-refractivity contribution in [2.45, 2.75) is 0 Å². The Morgan fingerprint density at radius 2 is 1.30 bits per heavy atom. The van der Waals surface area contributed by atoms with Crippen molar-refractivity contribution < 1.29 is 0 Å². The van der Waals surface area contributed by atoms with Gasteiger partial charge < -0.3 is 0 Å². The fourth-order valence-corrected chi connectivity index (χ4v) is 3.15. The first kappa shape index (κ1) is 14.2. The van der Waals surface area contributed by atoms with Crippen molar-refractivity contribution in [1.82, 2.24) is 4.98 Å². The molecule has 0 fully saturated rings. The highest BCUT2D eigenvalue weighted by atomic mass is 79.9. The molecule has 0 amide bonds. The van der Waals surface area contributed by atoms with Crippen molar-refractivity contribution in [3.8, 4) is 22.5 Å². The number of hydrogen-bond acceptors (Lipinski definition) is 1. The van der Waals surface area contributed by atoms with E-state index >= 15 is 0 Å². The summed E-state index contributed by atoms with van der Waals surface area (Å²) >= 11 is 3.57. The molecule has 1 nitrogen and oxygen atoms in total. The Morgan fingerprint density at radius 1 is 0.652 bits per heavy atom. The van der Waals surface area contributed by atoms with Crippen molar-refractivity contribution >= 4 is 26.7 Å². The van der Waals surface area contributed by atoms with E-state index < -0.39 is 0 Å². The average molecular weight is 360 g/mol. The summed E-state index contributed by atoms with van der Waals surface area (Å²) in [5.41, 5.74) is 4.28. The van der Waals surface area contributed by atoms with Gasteiger partial charge in [0.1, 0.15) is 0 Å². The van der Waals surface area contributed by atoms with E-state index in [9.17, 15) is 0 Å². The van der Waals surface area contributed by atoms with Crippen LogP contribution >= 0.6 is 15.9 Å². The highest BCUT2D eigenvalue weighted by Gasteiger charge is 2.10. The number of hydrogen-bond donors (Lipinski definition) is 0. The number of pyridine rings is 1.